The molecule has 0 atom stereocenters. The predicted octanol–water partition coefficient (Wildman–Crippen LogP) is 3.27. The van der Waals surface area contributed by atoms with Gasteiger partial charge in [0.05, 0.1) is 12.2 Å². The van der Waals surface area contributed by atoms with E-state index in [1.165, 1.54) is 32.1 Å². The van der Waals surface area contributed by atoms with Crippen molar-refractivity contribution in [2.75, 3.05) is 0 Å². The Labute approximate surface area is 165 Å². The zero-order valence-corrected chi connectivity index (χ0v) is 17.6. The lowest BCUT2D eigenvalue weighted by Crippen LogP contribution is -2.44. The van der Waals surface area contributed by atoms with Crippen LogP contribution in [0.3, 0.4) is 0 Å². The fourth-order valence-electron chi connectivity index (χ4n) is 3.16. The van der Waals surface area contributed by atoms with Gasteiger partial charge in [-0.2, -0.15) is 0 Å². The molecule has 7 nitrogen and oxygen atoms in total. The molecule has 2 aromatic rings. The summed E-state index contributed by atoms with van der Waals surface area (Å²) >= 11 is 1.70. The van der Waals surface area contributed by atoms with Gasteiger partial charge in [0.1, 0.15) is 17.4 Å². The highest BCUT2D eigenvalue weighted by Crippen LogP contribution is 2.18. The summed E-state index contributed by atoms with van der Waals surface area (Å²) in [5.41, 5.74) is 1.16. The van der Waals surface area contributed by atoms with Crippen molar-refractivity contribution in [3.05, 3.63) is 27.7 Å². The van der Waals surface area contributed by atoms with Crippen LogP contribution in [0.2, 0.25) is 0 Å². The molecular formula is C19H31N7S. The third-order valence-electron chi connectivity index (χ3n) is 5.08. The van der Waals surface area contributed by atoms with Gasteiger partial charge in [0.15, 0.2) is 11.8 Å². The first-order valence-corrected chi connectivity index (χ1v) is 10.7. The minimum Gasteiger partial charge on any atom is -0.354 e. The molecule has 2 aromatic heterocycles. The van der Waals surface area contributed by atoms with Crippen molar-refractivity contribution in [3.8, 4) is 0 Å². The lowest BCUT2D eigenvalue weighted by molar-refractivity contribution is 0.409. The molecule has 1 saturated carbocycles. The molecule has 0 bridgehead atoms. The number of thiazole rings is 1. The number of rotatable bonds is 6. The average molecular weight is 390 g/mol. The topological polar surface area (TPSA) is 80.0 Å². The maximum absolute atomic E-state index is 4.77. The van der Waals surface area contributed by atoms with Crippen LogP contribution in [-0.4, -0.2) is 31.7 Å². The van der Waals surface area contributed by atoms with Gasteiger partial charge in [0, 0.05) is 18.5 Å². The van der Waals surface area contributed by atoms with Crippen molar-refractivity contribution in [2.24, 2.45) is 12.0 Å². The minimum atomic E-state index is 0.461. The van der Waals surface area contributed by atoms with E-state index in [0.717, 1.165) is 28.3 Å². The molecule has 0 aromatic carbocycles. The lowest BCUT2D eigenvalue weighted by Gasteiger charge is -2.25. The number of hydrogen-bond donors (Lipinski definition) is 2. The number of aromatic nitrogens is 4. The Morgan fingerprint density at radius 1 is 1.30 bits per heavy atom. The van der Waals surface area contributed by atoms with Gasteiger partial charge in [-0.15, -0.1) is 21.5 Å². The third kappa shape index (κ3) is 5.51. The van der Waals surface area contributed by atoms with Crippen LogP contribution < -0.4 is 10.6 Å². The van der Waals surface area contributed by atoms with Gasteiger partial charge >= 0.3 is 0 Å². The maximum Gasteiger partial charge on any atom is 0.192 e. The van der Waals surface area contributed by atoms with Gasteiger partial charge in [0.25, 0.3) is 0 Å². The van der Waals surface area contributed by atoms with E-state index in [0.29, 0.717) is 25.0 Å². The molecule has 1 aliphatic rings. The first-order valence-electron chi connectivity index (χ1n) is 9.87. The van der Waals surface area contributed by atoms with Crippen LogP contribution in [0.4, 0.5) is 0 Å². The molecule has 0 amide bonds. The van der Waals surface area contributed by atoms with Crippen LogP contribution >= 0.6 is 11.3 Å². The maximum atomic E-state index is 4.77. The number of hydrogen-bond acceptors (Lipinski definition) is 5. The van der Waals surface area contributed by atoms with Crippen LogP contribution in [0.15, 0.2) is 10.4 Å². The van der Waals surface area contributed by atoms with Crippen LogP contribution in [0.25, 0.3) is 0 Å². The van der Waals surface area contributed by atoms with E-state index < -0.39 is 0 Å². The third-order valence-corrected chi connectivity index (χ3v) is 5.94. The summed E-state index contributed by atoms with van der Waals surface area (Å²) in [4.78, 5) is 9.48. The van der Waals surface area contributed by atoms with E-state index in [2.05, 4.69) is 40.1 Å². The highest BCUT2D eigenvalue weighted by atomic mass is 32.1. The average Bonchev–Trinajstić information content (AvgIpc) is 3.26. The number of nitrogens with zero attached hydrogens (tertiary/aromatic N) is 5. The van der Waals surface area contributed by atoms with E-state index in [4.69, 9.17) is 9.98 Å². The molecule has 0 radical (unpaired) electrons. The first-order chi connectivity index (χ1) is 13.0. The monoisotopic (exact) mass is 389 g/mol. The van der Waals surface area contributed by atoms with E-state index in [9.17, 15) is 0 Å². The highest BCUT2D eigenvalue weighted by molar-refractivity contribution is 7.09. The molecule has 0 saturated heterocycles. The second-order valence-corrected chi connectivity index (χ2v) is 8.48. The molecule has 0 aliphatic heterocycles. The molecule has 27 heavy (non-hydrogen) atoms. The first kappa shape index (κ1) is 19.8. The highest BCUT2D eigenvalue weighted by Gasteiger charge is 2.15. The summed E-state index contributed by atoms with van der Waals surface area (Å²) in [5, 5.41) is 18.6. The summed E-state index contributed by atoms with van der Waals surface area (Å²) in [6.07, 6.45) is 6.33. The zero-order valence-electron chi connectivity index (χ0n) is 16.8. The molecule has 0 spiro atoms. The zero-order chi connectivity index (χ0) is 19.2. The van der Waals surface area contributed by atoms with Gasteiger partial charge < -0.3 is 15.2 Å². The summed E-state index contributed by atoms with van der Waals surface area (Å²) in [6.45, 7) is 7.50. The molecule has 1 aliphatic carbocycles. The van der Waals surface area contributed by atoms with E-state index in [-0.39, 0.29) is 0 Å². The second-order valence-electron chi connectivity index (χ2n) is 7.54. The van der Waals surface area contributed by atoms with Gasteiger partial charge in [0.2, 0.25) is 0 Å². The van der Waals surface area contributed by atoms with Gasteiger partial charge in [-0.05, 0) is 25.7 Å². The number of guanidine groups is 1. The van der Waals surface area contributed by atoms with Crippen LogP contribution in [-0.2, 0) is 20.1 Å². The standard InChI is InChI=1S/C19H31N7S/c1-13(2)16-12-27-18(23-16)11-21-19(22-15-8-6-5-7-9-15)20-10-17-25-24-14(3)26(17)4/h12-13,15H,5-11H2,1-4H3,(H2,20,21,22). The summed E-state index contributed by atoms with van der Waals surface area (Å²) < 4.78 is 1.98. The number of nitrogens with one attached hydrogen (secondary N) is 2. The van der Waals surface area contributed by atoms with Crippen molar-refractivity contribution in [1.82, 2.24) is 30.4 Å². The largest absolute Gasteiger partial charge is 0.354 e. The fraction of sp³-hybridized carbons (Fsp3) is 0.684. The van der Waals surface area contributed by atoms with Gasteiger partial charge in [-0.25, -0.2) is 9.98 Å². The quantitative estimate of drug-likeness (QED) is 0.585. The molecule has 2 heterocycles. The molecule has 3 rings (SSSR count). The Morgan fingerprint density at radius 2 is 2.07 bits per heavy atom. The van der Waals surface area contributed by atoms with Gasteiger partial charge in [-0.3, -0.25) is 0 Å². The van der Waals surface area contributed by atoms with Crippen LogP contribution in [0.1, 0.15) is 74.2 Å². The molecule has 1 fully saturated rings. The van der Waals surface area contributed by atoms with Crippen molar-refractivity contribution in [1.29, 1.82) is 0 Å². The summed E-state index contributed by atoms with van der Waals surface area (Å²) in [5.74, 6) is 3.07. The van der Waals surface area contributed by atoms with Crippen molar-refractivity contribution in [3.63, 3.8) is 0 Å². The fourth-order valence-corrected chi connectivity index (χ4v) is 4.06. The second kappa shape index (κ2) is 9.30. The molecule has 148 valence electrons. The SMILES string of the molecule is Cc1nnc(CN=C(NCc2nc(C(C)C)cs2)NC2CCCCC2)n1C. The summed E-state index contributed by atoms with van der Waals surface area (Å²) in [7, 11) is 1.98. The van der Waals surface area contributed by atoms with Crippen molar-refractivity contribution < 1.29 is 0 Å². The number of aryl methyl sites for hydroxylation is 1. The Balaban J connectivity index is 1.65. The molecule has 0 unspecified atom stereocenters. The number of aliphatic imine (C=N–C) groups is 1. The van der Waals surface area contributed by atoms with E-state index in [1.54, 1.807) is 11.3 Å². The van der Waals surface area contributed by atoms with E-state index >= 15 is 0 Å². The Kier molecular flexibility index (Phi) is 6.82. The summed E-state index contributed by atoms with van der Waals surface area (Å²) in [6, 6.07) is 0.494. The molecule has 2 N–H and O–H groups in total. The Hall–Kier alpha value is -1.96. The lowest BCUT2D eigenvalue weighted by atomic mass is 9.96. The Bertz CT molecular complexity index is 756. The normalized spacial score (nSPS) is 16.1. The van der Waals surface area contributed by atoms with Crippen LogP contribution in [0, 0.1) is 6.92 Å². The van der Waals surface area contributed by atoms with Crippen LogP contribution in [0.5, 0.6) is 0 Å². The smallest absolute Gasteiger partial charge is 0.192 e. The minimum absolute atomic E-state index is 0.461. The van der Waals surface area contributed by atoms with E-state index in [1.807, 2.05) is 18.5 Å². The van der Waals surface area contributed by atoms with Crippen molar-refractivity contribution in [2.45, 2.75) is 77.9 Å². The predicted molar refractivity (Wildman–Crippen MR) is 110 cm³/mol. The Morgan fingerprint density at radius 3 is 2.70 bits per heavy atom. The molecular weight excluding hydrogens is 358 g/mol. The van der Waals surface area contributed by atoms with Gasteiger partial charge in [-0.1, -0.05) is 33.1 Å². The molecule has 8 heteroatoms. The van der Waals surface area contributed by atoms with Crippen molar-refractivity contribution >= 4 is 17.3 Å².